The van der Waals surface area contributed by atoms with Crippen LogP contribution in [0.5, 0.6) is 11.5 Å². The van der Waals surface area contributed by atoms with E-state index in [0.29, 0.717) is 26.3 Å². The largest absolute Gasteiger partial charge is 0.528 e. The smallest absolute Gasteiger partial charge is 0.496 e. The first-order chi connectivity index (χ1) is 20.8. The molecule has 1 heterocycles. The zero-order valence-corrected chi connectivity index (χ0v) is 25.5. The van der Waals surface area contributed by atoms with E-state index in [1.54, 1.807) is 12.2 Å². The van der Waals surface area contributed by atoms with Crippen LogP contribution < -0.4 is 9.47 Å². The Morgan fingerprint density at radius 2 is 1.65 bits per heavy atom. The van der Waals surface area contributed by atoms with Crippen molar-refractivity contribution in [2.75, 3.05) is 26.8 Å². The Labute approximate surface area is 254 Å². The van der Waals surface area contributed by atoms with Gasteiger partial charge in [-0.25, -0.2) is 4.79 Å². The Kier molecular flexibility index (Phi) is 9.85. The molecule has 1 aliphatic rings. The summed E-state index contributed by atoms with van der Waals surface area (Å²) in [7, 11) is 1.69. The number of ether oxygens (including phenoxy) is 4. The van der Waals surface area contributed by atoms with Crippen molar-refractivity contribution in [3.05, 3.63) is 108 Å². The number of methoxy groups -OCH3 is 1. The van der Waals surface area contributed by atoms with Gasteiger partial charge in [-0.2, -0.15) is 0 Å². The maximum Gasteiger partial charge on any atom is 0.528 e. The van der Waals surface area contributed by atoms with Gasteiger partial charge in [-0.1, -0.05) is 78.9 Å². The van der Waals surface area contributed by atoms with E-state index in [0.717, 1.165) is 40.7 Å². The Bertz CT molecular complexity index is 1480. The highest BCUT2D eigenvalue weighted by atomic mass is 16.8. The number of hydroxylamine groups is 2. The summed E-state index contributed by atoms with van der Waals surface area (Å²) in [6.07, 6.45) is 0.653. The molecule has 0 saturated carbocycles. The summed E-state index contributed by atoms with van der Waals surface area (Å²) in [5.41, 5.74) is 2.74. The molecule has 0 N–H and O–H groups in total. The topological polar surface area (TPSA) is 66.5 Å². The van der Waals surface area contributed by atoms with E-state index in [1.807, 2.05) is 63.2 Å². The number of nitrogens with zero attached hydrogens (tertiary/aromatic N) is 1. The van der Waals surface area contributed by atoms with Crippen molar-refractivity contribution >= 4 is 16.9 Å². The van der Waals surface area contributed by atoms with Gasteiger partial charge in [-0.15, -0.1) is 5.06 Å². The van der Waals surface area contributed by atoms with Gasteiger partial charge in [0, 0.05) is 29.8 Å². The molecule has 1 saturated heterocycles. The summed E-state index contributed by atoms with van der Waals surface area (Å²) in [6.45, 7) is 7.44. The van der Waals surface area contributed by atoms with Crippen molar-refractivity contribution in [1.82, 2.24) is 5.06 Å². The lowest BCUT2D eigenvalue weighted by molar-refractivity contribution is -0.179. The first-order valence-electron chi connectivity index (χ1n) is 14.9. The maximum atomic E-state index is 12.4. The van der Waals surface area contributed by atoms with Gasteiger partial charge in [0.2, 0.25) is 0 Å². The van der Waals surface area contributed by atoms with Crippen LogP contribution in [-0.2, 0) is 27.3 Å². The van der Waals surface area contributed by atoms with Crippen molar-refractivity contribution in [1.29, 1.82) is 0 Å². The highest BCUT2D eigenvalue weighted by Crippen LogP contribution is 2.34. The van der Waals surface area contributed by atoms with E-state index in [2.05, 4.69) is 48.5 Å². The van der Waals surface area contributed by atoms with E-state index < -0.39 is 11.8 Å². The molecule has 0 amide bonds. The van der Waals surface area contributed by atoms with E-state index in [-0.39, 0.29) is 12.0 Å². The lowest BCUT2D eigenvalue weighted by atomic mass is 9.87. The molecule has 7 nitrogen and oxygen atoms in total. The van der Waals surface area contributed by atoms with Crippen molar-refractivity contribution in [3.63, 3.8) is 0 Å². The number of carbonyl (C=O) groups is 1. The molecule has 226 valence electrons. The Hall–Kier alpha value is -4.07. The van der Waals surface area contributed by atoms with Gasteiger partial charge in [0.15, 0.2) is 0 Å². The lowest BCUT2D eigenvalue weighted by Gasteiger charge is -2.37. The SMILES string of the molecule is COc1c(COC2CN(OC(=O)OC(C)(C)C)CCC2c2ccc(CCOc3ccccc3)cc2)ccc2ccccc12. The highest BCUT2D eigenvalue weighted by molar-refractivity contribution is 5.89. The van der Waals surface area contributed by atoms with Gasteiger partial charge < -0.3 is 23.8 Å². The molecule has 0 radical (unpaired) electrons. The Balaban J connectivity index is 1.29. The van der Waals surface area contributed by atoms with Crippen molar-refractivity contribution in [2.45, 2.75) is 57.8 Å². The number of fused-ring (bicyclic) bond motifs is 1. The van der Waals surface area contributed by atoms with Gasteiger partial charge >= 0.3 is 6.16 Å². The van der Waals surface area contributed by atoms with E-state index in [1.165, 1.54) is 11.1 Å². The van der Waals surface area contributed by atoms with Crippen LogP contribution in [0.15, 0.2) is 91.0 Å². The number of piperidine rings is 1. The number of hydrogen-bond donors (Lipinski definition) is 0. The van der Waals surface area contributed by atoms with E-state index in [4.69, 9.17) is 23.8 Å². The Morgan fingerprint density at radius 1 is 0.907 bits per heavy atom. The molecule has 0 aliphatic carbocycles. The monoisotopic (exact) mass is 583 g/mol. The molecule has 4 aromatic carbocycles. The maximum absolute atomic E-state index is 12.4. The molecule has 2 atom stereocenters. The summed E-state index contributed by atoms with van der Waals surface area (Å²) in [5.74, 6) is 1.82. The van der Waals surface area contributed by atoms with Crippen molar-refractivity contribution in [2.24, 2.45) is 0 Å². The van der Waals surface area contributed by atoms with Crippen LogP contribution in [0.25, 0.3) is 10.8 Å². The molecule has 5 rings (SSSR count). The average Bonchev–Trinajstić information content (AvgIpc) is 3.00. The van der Waals surface area contributed by atoms with E-state index >= 15 is 0 Å². The van der Waals surface area contributed by atoms with Crippen molar-refractivity contribution < 1.29 is 28.6 Å². The van der Waals surface area contributed by atoms with Gasteiger partial charge in [0.25, 0.3) is 0 Å². The van der Waals surface area contributed by atoms with Crippen LogP contribution in [0, 0.1) is 0 Å². The first kappa shape index (κ1) is 30.4. The second-order valence-electron chi connectivity index (χ2n) is 11.8. The van der Waals surface area contributed by atoms with Crippen LogP contribution in [-0.4, -0.2) is 49.7 Å². The molecule has 1 fully saturated rings. The second kappa shape index (κ2) is 13.9. The van der Waals surface area contributed by atoms with Gasteiger partial charge in [0.05, 0.1) is 33.0 Å². The number of carbonyl (C=O) groups excluding carboxylic acids is 1. The fourth-order valence-electron chi connectivity index (χ4n) is 5.47. The molecule has 0 bridgehead atoms. The molecule has 0 aromatic heterocycles. The van der Waals surface area contributed by atoms with Crippen LogP contribution in [0.2, 0.25) is 0 Å². The summed E-state index contributed by atoms with van der Waals surface area (Å²) in [6, 6.07) is 30.9. The number of rotatable bonds is 10. The van der Waals surface area contributed by atoms with Crippen molar-refractivity contribution in [3.8, 4) is 11.5 Å². The standard InChI is InChI=1S/C36H41NO6/c1-36(2,3)42-35(38)43-37-22-20-31(28-16-14-26(15-17-28)21-23-40-30-11-6-5-7-12-30)33(24-37)41-25-29-19-18-27-10-8-9-13-32(27)34(29)39-4/h5-19,31,33H,20-25H2,1-4H3. The first-order valence-corrected chi connectivity index (χ1v) is 14.9. The fraction of sp³-hybridized carbons (Fsp3) is 0.361. The van der Waals surface area contributed by atoms with Crippen LogP contribution in [0.1, 0.15) is 49.8 Å². The molecule has 2 unspecified atom stereocenters. The minimum Gasteiger partial charge on any atom is -0.496 e. The van der Waals surface area contributed by atoms with E-state index in [9.17, 15) is 4.79 Å². The predicted molar refractivity (Wildman–Crippen MR) is 167 cm³/mol. The molecular weight excluding hydrogens is 542 g/mol. The molecule has 4 aromatic rings. The zero-order valence-electron chi connectivity index (χ0n) is 25.5. The molecular formula is C36H41NO6. The minimum absolute atomic E-state index is 0.125. The summed E-state index contributed by atoms with van der Waals surface area (Å²) in [5, 5.41) is 3.82. The molecule has 0 spiro atoms. The third-order valence-electron chi connectivity index (χ3n) is 7.54. The van der Waals surface area contributed by atoms with Crippen LogP contribution in [0.3, 0.4) is 0 Å². The zero-order chi connectivity index (χ0) is 30.2. The third-order valence-corrected chi connectivity index (χ3v) is 7.54. The van der Waals surface area contributed by atoms with Gasteiger partial charge in [-0.05, 0) is 55.8 Å². The molecule has 1 aliphatic heterocycles. The third kappa shape index (κ3) is 8.27. The predicted octanol–water partition coefficient (Wildman–Crippen LogP) is 7.71. The number of para-hydroxylation sites is 1. The number of hydrogen-bond acceptors (Lipinski definition) is 7. The average molecular weight is 584 g/mol. The Morgan fingerprint density at radius 3 is 2.40 bits per heavy atom. The second-order valence-corrected chi connectivity index (χ2v) is 11.8. The van der Waals surface area contributed by atoms with Gasteiger partial charge in [-0.3, -0.25) is 0 Å². The van der Waals surface area contributed by atoms with Crippen LogP contribution >= 0.6 is 0 Å². The molecule has 7 heteroatoms. The molecule has 43 heavy (non-hydrogen) atoms. The number of benzene rings is 4. The lowest BCUT2D eigenvalue weighted by Crippen LogP contribution is -2.45. The van der Waals surface area contributed by atoms with Crippen LogP contribution in [0.4, 0.5) is 4.79 Å². The summed E-state index contributed by atoms with van der Waals surface area (Å²) in [4.78, 5) is 18.0. The summed E-state index contributed by atoms with van der Waals surface area (Å²) < 4.78 is 23.7. The fourth-order valence-corrected chi connectivity index (χ4v) is 5.47. The normalized spacial score (nSPS) is 17.4. The highest BCUT2D eigenvalue weighted by Gasteiger charge is 2.34. The minimum atomic E-state index is -0.706. The van der Waals surface area contributed by atoms with Gasteiger partial charge in [0.1, 0.15) is 17.1 Å². The quantitative estimate of drug-likeness (QED) is 0.177. The summed E-state index contributed by atoms with van der Waals surface area (Å²) >= 11 is 0.